The van der Waals surface area contributed by atoms with Gasteiger partial charge in [-0.3, -0.25) is 25.0 Å². The molecular weight excluding hydrogens is 405 g/mol. The number of aryl methyl sites for hydroxylation is 1. The van der Waals surface area contributed by atoms with E-state index in [4.69, 9.17) is 0 Å². The van der Waals surface area contributed by atoms with Crippen LogP contribution in [0.25, 0.3) is 16.6 Å². The van der Waals surface area contributed by atoms with Gasteiger partial charge in [-0.25, -0.2) is 9.37 Å². The number of rotatable bonds is 4. The Kier molecular flexibility index (Phi) is 5.28. The SMILES string of the molecule is CSc1ncc(C(=O)NNC(=O)c2cn(C)c3ccccc23)n1-c1ccc(F)cc1. The Hall–Kier alpha value is -3.59. The average molecular weight is 423 g/mol. The topological polar surface area (TPSA) is 81.0 Å². The number of thioether (sulfide) groups is 1. The Labute approximate surface area is 175 Å². The van der Waals surface area contributed by atoms with Gasteiger partial charge >= 0.3 is 0 Å². The molecule has 0 aliphatic carbocycles. The Bertz CT molecular complexity index is 1250. The lowest BCUT2D eigenvalue weighted by molar-refractivity contribution is 0.0843. The van der Waals surface area contributed by atoms with Crippen LogP contribution >= 0.6 is 11.8 Å². The second-order valence-corrected chi connectivity index (χ2v) is 7.29. The normalized spacial score (nSPS) is 10.9. The Morgan fingerprint density at radius 3 is 2.47 bits per heavy atom. The number of nitrogens with zero attached hydrogens (tertiary/aromatic N) is 3. The minimum absolute atomic E-state index is 0.212. The highest BCUT2D eigenvalue weighted by Crippen LogP contribution is 2.22. The first-order valence-corrected chi connectivity index (χ1v) is 10.2. The number of fused-ring (bicyclic) bond motifs is 1. The third-order valence-corrected chi connectivity index (χ3v) is 5.31. The molecule has 0 fully saturated rings. The van der Waals surface area contributed by atoms with Gasteiger partial charge in [-0.2, -0.15) is 0 Å². The predicted molar refractivity (Wildman–Crippen MR) is 113 cm³/mol. The van der Waals surface area contributed by atoms with Gasteiger partial charge in [0.25, 0.3) is 11.8 Å². The quantitative estimate of drug-likeness (QED) is 0.390. The number of para-hydroxylation sites is 1. The van der Waals surface area contributed by atoms with E-state index in [1.807, 2.05) is 42.1 Å². The molecule has 7 nitrogen and oxygen atoms in total. The van der Waals surface area contributed by atoms with Crippen molar-refractivity contribution in [2.45, 2.75) is 5.16 Å². The van der Waals surface area contributed by atoms with Crippen LogP contribution < -0.4 is 10.9 Å². The molecule has 0 saturated carbocycles. The molecule has 9 heteroatoms. The average Bonchev–Trinajstić information content (AvgIpc) is 3.34. The zero-order chi connectivity index (χ0) is 21.3. The van der Waals surface area contributed by atoms with Crippen molar-refractivity contribution < 1.29 is 14.0 Å². The summed E-state index contributed by atoms with van der Waals surface area (Å²) in [4.78, 5) is 29.7. The van der Waals surface area contributed by atoms with Gasteiger partial charge in [-0.15, -0.1) is 0 Å². The maximum Gasteiger partial charge on any atom is 0.288 e. The summed E-state index contributed by atoms with van der Waals surface area (Å²) >= 11 is 1.35. The molecule has 4 aromatic rings. The van der Waals surface area contributed by atoms with Gasteiger partial charge < -0.3 is 4.57 Å². The summed E-state index contributed by atoms with van der Waals surface area (Å²) in [6, 6.07) is 13.2. The molecule has 0 saturated heterocycles. The number of hydrogen-bond acceptors (Lipinski definition) is 4. The first kappa shape index (κ1) is 19.7. The smallest absolute Gasteiger partial charge is 0.288 e. The lowest BCUT2D eigenvalue weighted by atomic mass is 10.2. The highest BCUT2D eigenvalue weighted by molar-refractivity contribution is 7.98. The molecule has 0 radical (unpaired) electrons. The van der Waals surface area contributed by atoms with Crippen LogP contribution in [0, 0.1) is 5.82 Å². The van der Waals surface area contributed by atoms with Crippen LogP contribution in [-0.2, 0) is 7.05 Å². The second kappa shape index (κ2) is 8.03. The van der Waals surface area contributed by atoms with E-state index >= 15 is 0 Å². The maximum atomic E-state index is 13.3. The molecule has 0 spiro atoms. The molecule has 0 aliphatic heterocycles. The summed E-state index contributed by atoms with van der Waals surface area (Å²) in [7, 11) is 1.85. The molecule has 152 valence electrons. The molecule has 2 aromatic carbocycles. The number of amides is 2. The number of hydrogen-bond donors (Lipinski definition) is 2. The van der Waals surface area contributed by atoms with E-state index in [0.717, 1.165) is 10.9 Å². The highest BCUT2D eigenvalue weighted by Gasteiger charge is 2.19. The Balaban J connectivity index is 1.57. The molecule has 0 unspecified atom stereocenters. The van der Waals surface area contributed by atoms with Gasteiger partial charge in [-0.1, -0.05) is 30.0 Å². The number of nitrogens with one attached hydrogen (secondary N) is 2. The van der Waals surface area contributed by atoms with E-state index in [1.165, 1.54) is 30.1 Å². The maximum absolute atomic E-state index is 13.3. The van der Waals surface area contributed by atoms with Crippen molar-refractivity contribution in [2.75, 3.05) is 6.26 Å². The fourth-order valence-corrected chi connectivity index (χ4v) is 3.79. The lowest BCUT2D eigenvalue weighted by Gasteiger charge is -2.11. The van der Waals surface area contributed by atoms with Crippen LogP contribution in [0.15, 0.2) is 66.1 Å². The van der Waals surface area contributed by atoms with E-state index in [2.05, 4.69) is 15.8 Å². The second-order valence-electron chi connectivity index (χ2n) is 6.52. The number of aromatic nitrogens is 3. The fourth-order valence-electron chi connectivity index (χ4n) is 3.25. The number of hydrazine groups is 1. The predicted octanol–water partition coefficient (Wildman–Crippen LogP) is 3.30. The summed E-state index contributed by atoms with van der Waals surface area (Å²) in [5.74, 6) is -1.35. The highest BCUT2D eigenvalue weighted by atomic mass is 32.2. The van der Waals surface area contributed by atoms with Crippen molar-refractivity contribution in [1.82, 2.24) is 25.0 Å². The zero-order valence-electron chi connectivity index (χ0n) is 16.2. The van der Waals surface area contributed by atoms with Crippen molar-refractivity contribution in [3.63, 3.8) is 0 Å². The molecule has 0 bridgehead atoms. The largest absolute Gasteiger partial charge is 0.350 e. The molecule has 2 heterocycles. The van der Waals surface area contributed by atoms with Crippen LogP contribution in [0.4, 0.5) is 4.39 Å². The molecule has 0 aliphatic rings. The minimum atomic E-state index is -0.541. The molecule has 2 aromatic heterocycles. The lowest BCUT2D eigenvalue weighted by Crippen LogP contribution is -2.42. The van der Waals surface area contributed by atoms with Crippen molar-refractivity contribution in [1.29, 1.82) is 0 Å². The summed E-state index contributed by atoms with van der Waals surface area (Å²) in [6.45, 7) is 0. The summed E-state index contributed by atoms with van der Waals surface area (Å²) in [6.07, 6.45) is 4.95. The molecule has 2 amide bonds. The van der Waals surface area contributed by atoms with Crippen LogP contribution in [-0.4, -0.2) is 32.2 Å². The van der Waals surface area contributed by atoms with E-state index in [-0.39, 0.29) is 11.5 Å². The first-order valence-electron chi connectivity index (χ1n) is 9.02. The minimum Gasteiger partial charge on any atom is -0.350 e. The standard InChI is InChI=1S/C21H18FN5O2S/c1-26-12-16(15-5-3-4-6-17(15)26)19(28)24-25-20(29)18-11-23-21(30-2)27(18)14-9-7-13(22)8-10-14/h3-12H,1-2H3,(H,24,28)(H,25,29). The Morgan fingerprint density at radius 2 is 1.73 bits per heavy atom. The van der Waals surface area contributed by atoms with Crippen LogP contribution in [0.3, 0.4) is 0 Å². The van der Waals surface area contributed by atoms with E-state index in [0.29, 0.717) is 16.4 Å². The van der Waals surface area contributed by atoms with Gasteiger partial charge in [0.1, 0.15) is 11.5 Å². The molecule has 4 rings (SSSR count). The fraction of sp³-hybridized carbons (Fsp3) is 0.0952. The summed E-state index contributed by atoms with van der Waals surface area (Å²) < 4.78 is 16.7. The van der Waals surface area contributed by atoms with E-state index in [1.54, 1.807) is 22.9 Å². The van der Waals surface area contributed by atoms with Crippen molar-refractivity contribution in [2.24, 2.45) is 7.05 Å². The van der Waals surface area contributed by atoms with Gasteiger partial charge in [-0.05, 0) is 36.6 Å². The number of carbonyl (C=O) groups is 2. The van der Waals surface area contributed by atoms with E-state index in [9.17, 15) is 14.0 Å². The molecule has 0 atom stereocenters. The third kappa shape index (κ3) is 3.55. The summed E-state index contributed by atoms with van der Waals surface area (Å²) in [5.41, 5.74) is 7.05. The summed E-state index contributed by atoms with van der Waals surface area (Å²) in [5, 5.41) is 1.35. The number of benzene rings is 2. The Morgan fingerprint density at radius 1 is 1.03 bits per heavy atom. The van der Waals surface area contributed by atoms with Crippen LogP contribution in [0.5, 0.6) is 0 Å². The third-order valence-electron chi connectivity index (χ3n) is 4.66. The van der Waals surface area contributed by atoms with E-state index < -0.39 is 11.8 Å². The molecular formula is C21H18FN5O2S. The van der Waals surface area contributed by atoms with Gasteiger partial charge in [0.2, 0.25) is 0 Å². The first-order chi connectivity index (χ1) is 14.5. The molecule has 2 N–H and O–H groups in total. The molecule has 30 heavy (non-hydrogen) atoms. The number of halogens is 1. The van der Waals surface area contributed by atoms with Crippen molar-refractivity contribution in [3.05, 3.63) is 78.0 Å². The van der Waals surface area contributed by atoms with Gasteiger partial charge in [0.05, 0.1) is 11.8 Å². The van der Waals surface area contributed by atoms with Crippen LogP contribution in [0.2, 0.25) is 0 Å². The van der Waals surface area contributed by atoms with Gasteiger partial charge in [0, 0.05) is 29.8 Å². The van der Waals surface area contributed by atoms with Crippen molar-refractivity contribution >= 4 is 34.5 Å². The number of carbonyl (C=O) groups excluding carboxylic acids is 2. The van der Waals surface area contributed by atoms with Crippen LogP contribution in [0.1, 0.15) is 20.8 Å². The monoisotopic (exact) mass is 423 g/mol. The van der Waals surface area contributed by atoms with Crippen molar-refractivity contribution in [3.8, 4) is 5.69 Å². The number of imidazole rings is 1. The van der Waals surface area contributed by atoms with Gasteiger partial charge in [0.15, 0.2) is 5.16 Å². The zero-order valence-corrected chi connectivity index (χ0v) is 17.0.